The van der Waals surface area contributed by atoms with Crippen molar-refractivity contribution in [3.05, 3.63) is 35.9 Å². The average Bonchev–Trinajstić information content (AvgIpc) is 2.28. The molecule has 0 heterocycles. The normalized spacial score (nSPS) is 14.0. The van der Waals surface area contributed by atoms with Gasteiger partial charge in [-0.2, -0.15) is 0 Å². The molecule has 5 heteroatoms. The molecule has 2 atom stereocenters. The second-order valence-electron chi connectivity index (χ2n) is 3.80. The first-order valence-corrected chi connectivity index (χ1v) is 5.39. The summed E-state index contributed by atoms with van der Waals surface area (Å²) in [5.41, 5.74) is 1.01. The molecule has 0 saturated heterocycles. The quantitative estimate of drug-likeness (QED) is 0.697. The number of carbonyl (C=O) groups is 1. The molecule has 0 spiro atoms. The Balaban J connectivity index is 2.35. The van der Waals surface area contributed by atoms with E-state index in [2.05, 4.69) is 5.32 Å². The molecule has 3 N–H and O–H groups in total. The van der Waals surface area contributed by atoms with Gasteiger partial charge < -0.3 is 20.3 Å². The monoisotopic (exact) mass is 239 g/mol. The topological polar surface area (TPSA) is 78.8 Å². The van der Waals surface area contributed by atoms with E-state index in [1.807, 2.05) is 30.3 Å². The maximum Gasteiger partial charge on any atom is 0.405 e. The molecule has 1 aromatic rings. The molecule has 0 aromatic heterocycles. The van der Waals surface area contributed by atoms with Crippen LogP contribution in [0.5, 0.6) is 0 Å². The van der Waals surface area contributed by atoms with Crippen LogP contribution in [0.1, 0.15) is 12.5 Å². The number of carboxylic acid groups (broad SMARTS) is 1. The Labute approximate surface area is 100 Å². The van der Waals surface area contributed by atoms with Gasteiger partial charge in [0.05, 0.1) is 25.4 Å². The van der Waals surface area contributed by atoms with Crippen LogP contribution in [-0.2, 0) is 11.3 Å². The van der Waals surface area contributed by atoms with Gasteiger partial charge in [0.15, 0.2) is 0 Å². The molecular formula is C12H17NO4. The molecule has 1 amide bonds. The van der Waals surface area contributed by atoms with E-state index in [1.54, 1.807) is 0 Å². The molecule has 17 heavy (non-hydrogen) atoms. The summed E-state index contributed by atoms with van der Waals surface area (Å²) >= 11 is 0. The Kier molecular flexibility index (Phi) is 5.45. The molecule has 5 nitrogen and oxygen atoms in total. The lowest BCUT2D eigenvalue weighted by Gasteiger charge is -2.19. The molecule has 0 aliphatic carbocycles. The van der Waals surface area contributed by atoms with Crippen LogP contribution in [-0.4, -0.2) is 35.1 Å². The van der Waals surface area contributed by atoms with Crippen molar-refractivity contribution in [3.8, 4) is 0 Å². The van der Waals surface area contributed by atoms with Crippen molar-refractivity contribution in [1.82, 2.24) is 5.32 Å². The van der Waals surface area contributed by atoms with Crippen molar-refractivity contribution in [3.63, 3.8) is 0 Å². The van der Waals surface area contributed by atoms with Gasteiger partial charge in [-0.3, -0.25) is 0 Å². The molecule has 94 valence electrons. The summed E-state index contributed by atoms with van der Waals surface area (Å²) in [5, 5.41) is 20.1. The lowest BCUT2D eigenvalue weighted by atomic mass is 10.2. The molecular weight excluding hydrogens is 222 g/mol. The predicted octanol–water partition coefficient (Wildman–Crippen LogP) is 1.22. The summed E-state index contributed by atoms with van der Waals surface area (Å²) in [4.78, 5) is 10.5. The summed E-state index contributed by atoms with van der Waals surface area (Å²) < 4.78 is 5.36. The van der Waals surface area contributed by atoms with E-state index < -0.39 is 18.2 Å². The van der Waals surface area contributed by atoms with E-state index in [9.17, 15) is 9.90 Å². The first-order chi connectivity index (χ1) is 8.09. The van der Waals surface area contributed by atoms with Gasteiger partial charge >= 0.3 is 6.09 Å². The number of rotatable bonds is 6. The number of hydrogen-bond acceptors (Lipinski definition) is 3. The van der Waals surface area contributed by atoms with Gasteiger partial charge in [0.2, 0.25) is 0 Å². The van der Waals surface area contributed by atoms with Crippen molar-refractivity contribution < 1.29 is 19.7 Å². The Hall–Kier alpha value is -1.59. The Bertz CT molecular complexity index is 340. The lowest BCUT2D eigenvalue weighted by molar-refractivity contribution is 0.0482. The Morgan fingerprint density at radius 1 is 1.41 bits per heavy atom. The molecule has 0 aliphatic heterocycles. The molecule has 1 aromatic carbocycles. The fourth-order valence-corrected chi connectivity index (χ4v) is 1.34. The summed E-state index contributed by atoms with van der Waals surface area (Å²) in [6.07, 6.45) is -1.96. The number of benzene rings is 1. The number of amides is 1. The fraction of sp³-hybridized carbons (Fsp3) is 0.417. The van der Waals surface area contributed by atoms with Gasteiger partial charge in [-0.05, 0) is 12.5 Å². The van der Waals surface area contributed by atoms with Crippen LogP contribution < -0.4 is 5.32 Å². The van der Waals surface area contributed by atoms with E-state index in [-0.39, 0.29) is 6.61 Å². The van der Waals surface area contributed by atoms with Crippen LogP contribution in [0.3, 0.4) is 0 Å². The molecule has 0 radical (unpaired) electrons. The van der Waals surface area contributed by atoms with Crippen LogP contribution in [0.4, 0.5) is 4.79 Å². The second kappa shape index (κ2) is 6.88. The zero-order valence-corrected chi connectivity index (χ0v) is 9.67. The van der Waals surface area contributed by atoms with E-state index in [1.165, 1.54) is 6.92 Å². The van der Waals surface area contributed by atoms with Gasteiger partial charge in [0.25, 0.3) is 0 Å². The highest BCUT2D eigenvalue weighted by atomic mass is 16.5. The predicted molar refractivity (Wildman–Crippen MR) is 62.7 cm³/mol. The Morgan fingerprint density at radius 2 is 2.06 bits per heavy atom. The Morgan fingerprint density at radius 3 is 2.59 bits per heavy atom. The van der Waals surface area contributed by atoms with Crippen LogP contribution in [0.15, 0.2) is 30.3 Å². The molecule has 0 fully saturated rings. The zero-order valence-electron chi connectivity index (χ0n) is 9.67. The van der Waals surface area contributed by atoms with E-state index >= 15 is 0 Å². The smallest absolute Gasteiger partial charge is 0.405 e. The zero-order chi connectivity index (χ0) is 12.7. The summed E-state index contributed by atoms with van der Waals surface area (Å²) in [5.74, 6) is 0. The van der Waals surface area contributed by atoms with Crippen molar-refractivity contribution in [2.75, 3.05) is 6.61 Å². The third-order valence-electron chi connectivity index (χ3n) is 2.30. The van der Waals surface area contributed by atoms with Gasteiger partial charge in [0.1, 0.15) is 0 Å². The second-order valence-corrected chi connectivity index (χ2v) is 3.80. The van der Waals surface area contributed by atoms with E-state index in [0.717, 1.165) is 5.56 Å². The number of aliphatic hydroxyl groups excluding tert-OH is 1. The molecule has 0 aliphatic rings. The lowest BCUT2D eigenvalue weighted by Crippen LogP contribution is -2.44. The number of nitrogens with one attached hydrogen (secondary N) is 1. The molecule has 1 rings (SSSR count). The van der Waals surface area contributed by atoms with Crippen molar-refractivity contribution in [1.29, 1.82) is 0 Å². The molecule has 2 unspecified atom stereocenters. The highest BCUT2D eigenvalue weighted by molar-refractivity contribution is 5.64. The third-order valence-corrected chi connectivity index (χ3v) is 2.30. The van der Waals surface area contributed by atoms with Crippen molar-refractivity contribution in [2.45, 2.75) is 25.7 Å². The fourth-order valence-electron chi connectivity index (χ4n) is 1.34. The number of hydrogen-bond donors (Lipinski definition) is 3. The van der Waals surface area contributed by atoms with Crippen molar-refractivity contribution in [2.24, 2.45) is 0 Å². The minimum atomic E-state index is -1.17. The first-order valence-electron chi connectivity index (χ1n) is 5.39. The summed E-state index contributed by atoms with van der Waals surface area (Å²) in [6, 6.07) is 8.94. The van der Waals surface area contributed by atoms with Crippen LogP contribution in [0, 0.1) is 0 Å². The highest BCUT2D eigenvalue weighted by Crippen LogP contribution is 2.02. The minimum absolute atomic E-state index is 0.138. The standard InChI is InChI=1S/C12H17NO4/c1-9(14)11(13-12(15)16)8-17-7-10-5-3-2-4-6-10/h2-6,9,11,13-14H,7-8H2,1H3,(H,15,16). The first kappa shape index (κ1) is 13.5. The molecule has 0 saturated carbocycles. The van der Waals surface area contributed by atoms with E-state index in [0.29, 0.717) is 6.61 Å². The van der Waals surface area contributed by atoms with Gasteiger partial charge in [0, 0.05) is 0 Å². The maximum atomic E-state index is 10.5. The third kappa shape index (κ3) is 5.33. The highest BCUT2D eigenvalue weighted by Gasteiger charge is 2.17. The number of aliphatic hydroxyl groups is 1. The average molecular weight is 239 g/mol. The summed E-state index contributed by atoms with van der Waals surface area (Å²) in [7, 11) is 0. The van der Waals surface area contributed by atoms with Crippen LogP contribution >= 0.6 is 0 Å². The summed E-state index contributed by atoms with van der Waals surface area (Å²) in [6.45, 7) is 2.05. The van der Waals surface area contributed by atoms with Gasteiger partial charge in [-0.1, -0.05) is 30.3 Å². The van der Waals surface area contributed by atoms with Gasteiger partial charge in [-0.15, -0.1) is 0 Å². The van der Waals surface area contributed by atoms with Crippen LogP contribution in [0.2, 0.25) is 0 Å². The minimum Gasteiger partial charge on any atom is -0.465 e. The SMILES string of the molecule is CC(O)C(COCc1ccccc1)NC(=O)O. The van der Waals surface area contributed by atoms with E-state index in [4.69, 9.17) is 9.84 Å². The van der Waals surface area contributed by atoms with Gasteiger partial charge in [-0.25, -0.2) is 4.79 Å². The number of ether oxygens (including phenoxy) is 1. The van der Waals surface area contributed by atoms with Crippen LogP contribution in [0.25, 0.3) is 0 Å². The molecule has 0 bridgehead atoms. The van der Waals surface area contributed by atoms with Crippen molar-refractivity contribution >= 4 is 6.09 Å². The maximum absolute atomic E-state index is 10.5. The largest absolute Gasteiger partial charge is 0.465 e.